The lowest BCUT2D eigenvalue weighted by Gasteiger charge is -2.07. The molecule has 0 fully saturated rings. The highest BCUT2D eigenvalue weighted by Crippen LogP contribution is 2.12. The van der Waals surface area contributed by atoms with Crippen molar-refractivity contribution in [3.05, 3.63) is 51.9 Å². The molecule has 3 nitrogen and oxygen atoms in total. The molecule has 1 aromatic carbocycles. The van der Waals surface area contributed by atoms with Gasteiger partial charge in [0, 0.05) is 11.3 Å². The number of hydrogen-bond donors (Lipinski definition) is 1. The van der Waals surface area contributed by atoms with Crippen molar-refractivity contribution in [2.24, 2.45) is 0 Å². The van der Waals surface area contributed by atoms with E-state index < -0.39 is 0 Å². The van der Waals surface area contributed by atoms with Crippen molar-refractivity contribution in [3.63, 3.8) is 0 Å². The molecular formula is C13H16N2O. The Kier molecular flexibility index (Phi) is 2.95. The summed E-state index contributed by atoms with van der Waals surface area (Å²) in [7, 11) is 0. The molecule has 0 saturated heterocycles. The number of aromatic nitrogens is 2. The van der Waals surface area contributed by atoms with Crippen molar-refractivity contribution in [1.82, 2.24) is 9.78 Å². The van der Waals surface area contributed by atoms with E-state index in [4.69, 9.17) is 0 Å². The fourth-order valence-electron chi connectivity index (χ4n) is 1.89. The summed E-state index contributed by atoms with van der Waals surface area (Å²) < 4.78 is 1.89. The standard InChI is InChI=1S/C13H16N2O/c1-3-7-12-10(2)13(16)14-15(12)11-8-5-4-6-9-11/h4-6,8-9H,3,7H2,1-2H3,(H,14,16). The second-order valence-electron chi connectivity index (χ2n) is 3.93. The van der Waals surface area contributed by atoms with Gasteiger partial charge in [-0.05, 0) is 25.5 Å². The first-order valence-corrected chi connectivity index (χ1v) is 5.60. The van der Waals surface area contributed by atoms with Gasteiger partial charge in [0.05, 0.1) is 5.69 Å². The Morgan fingerprint density at radius 2 is 1.94 bits per heavy atom. The van der Waals surface area contributed by atoms with Gasteiger partial charge in [0.25, 0.3) is 5.56 Å². The molecular weight excluding hydrogens is 200 g/mol. The molecule has 0 aliphatic carbocycles. The molecule has 0 bridgehead atoms. The van der Waals surface area contributed by atoms with Crippen molar-refractivity contribution in [2.75, 3.05) is 0 Å². The highest BCUT2D eigenvalue weighted by atomic mass is 16.1. The number of rotatable bonds is 3. The number of nitrogens with one attached hydrogen (secondary N) is 1. The van der Waals surface area contributed by atoms with Crippen LogP contribution >= 0.6 is 0 Å². The first kappa shape index (κ1) is 10.7. The van der Waals surface area contributed by atoms with Crippen LogP contribution in [0.15, 0.2) is 35.1 Å². The molecule has 0 spiro atoms. The molecule has 84 valence electrons. The average Bonchev–Trinajstić information content (AvgIpc) is 2.59. The summed E-state index contributed by atoms with van der Waals surface area (Å²) in [5, 5.41) is 2.88. The van der Waals surface area contributed by atoms with Gasteiger partial charge in [-0.15, -0.1) is 0 Å². The quantitative estimate of drug-likeness (QED) is 0.840. The van der Waals surface area contributed by atoms with Crippen molar-refractivity contribution in [3.8, 4) is 5.69 Å². The minimum atomic E-state index is 0.00676. The average molecular weight is 216 g/mol. The van der Waals surface area contributed by atoms with E-state index in [0.717, 1.165) is 29.8 Å². The number of nitrogens with zero attached hydrogens (tertiary/aromatic N) is 1. The van der Waals surface area contributed by atoms with E-state index in [1.165, 1.54) is 0 Å². The van der Waals surface area contributed by atoms with Crippen molar-refractivity contribution in [1.29, 1.82) is 0 Å². The Morgan fingerprint density at radius 3 is 2.56 bits per heavy atom. The molecule has 1 heterocycles. The molecule has 0 radical (unpaired) electrons. The Labute approximate surface area is 94.7 Å². The van der Waals surface area contributed by atoms with Crippen LogP contribution in [0.5, 0.6) is 0 Å². The Bertz CT molecular complexity index is 523. The van der Waals surface area contributed by atoms with Crippen LogP contribution in [0, 0.1) is 6.92 Å². The van der Waals surface area contributed by atoms with Crippen LogP contribution in [0.25, 0.3) is 5.69 Å². The molecule has 0 amide bonds. The summed E-state index contributed by atoms with van der Waals surface area (Å²) in [6.45, 7) is 4.00. The number of H-pyrrole nitrogens is 1. The molecule has 0 saturated carbocycles. The first-order valence-electron chi connectivity index (χ1n) is 5.60. The van der Waals surface area contributed by atoms with Gasteiger partial charge in [-0.2, -0.15) is 0 Å². The molecule has 0 aliphatic rings. The number of para-hydroxylation sites is 1. The Morgan fingerprint density at radius 1 is 1.25 bits per heavy atom. The molecule has 0 atom stereocenters. The van der Waals surface area contributed by atoms with Crippen LogP contribution in [-0.2, 0) is 6.42 Å². The number of hydrogen-bond acceptors (Lipinski definition) is 1. The van der Waals surface area contributed by atoms with E-state index in [1.807, 2.05) is 41.9 Å². The fraction of sp³-hybridized carbons (Fsp3) is 0.308. The van der Waals surface area contributed by atoms with E-state index in [9.17, 15) is 4.79 Å². The van der Waals surface area contributed by atoms with Crippen molar-refractivity contribution in [2.45, 2.75) is 26.7 Å². The monoisotopic (exact) mass is 216 g/mol. The molecule has 0 aliphatic heterocycles. The van der Waals surface area contributed by atoms with Crippen LogP contribution in [0.4, 0.5) is 0 Å². The van der Waals surface area contributed by atoms with Gasteiger partial charge in [0.15, 0.2) is 0 Å². The molecule has 16 heavy (non-hydrogen) atoms. The van der Waals surface area contributed by atoms with E-state index in [1.54, 1.807) is 0 Å². The molecule has 2 aromatic rings. The zero-order valence-corrected chi connectivity index (χ0v) is 9.66. The van der Waals surface area contributed by atoms with Crippen LogP contribution in [-0.4, -0.2) is 9.78 Å². The maximum absolute atomic E-state index is 11.6. The normalized spacial score (nSPS) is 10.6. The molecule has 1 aromatic heterocycles. The van der Waals surface area contributed by atoms with Crippen molar-refractivity contribution >= 4 is 0 Å². The maximum atomic E-state index is 11.6. The van der Waals surface area contributed by atoms with Crippen LogP contribution in [0.3, 0.4) is 0 Å². The van der Waals surface area contributed by atoms with Crippen LogP contribution in [0.1, 0.15) is 24.6 Å². The van der Waals surface area contributed by atoms with Gasteiger partial charge < -0.3 is 0 Å². The second kappa shape index (κ2) is 4.39. The smallest absolute Gasteiger partial charge is 0.267 e. The second-order valence-corrected chi connectivity index (χ2v) is 3.93. The van der Waals surface area contributed by atoms with E-state index in [-0.39, 0.29) is 5.56 Å². The summed E-state index contributed by atoms with van der Waals surface area (Å²) in [6, 6.07) is 9.90. The summed E-state index contributed by atoms with van der Waals surface area (Å²) >= 11 is 0. The van der Waals surface area contributed by atoms with Gasteiger partial charge in [0.2, 0.25) is 0 Å². The van der Waals surface area contributed by atoms with E-state index in [0.29, 0.717) is 0 Å². The predicted octanol–water partition coefficient (Wildman–Crippen LogP) is 2.43. The summed E-state index contributed by atoms with van der Waals surface area (Å²) in [5.41, 5.74) is 2.92. The maximum Gasteiger partial charge on any atom is 0.267 e. The fourth-order valence-corrected chi connectivity index (χ4v) is 1.89. The van der Waals surface area contributed by atoms with Gasteiger partial charge in [-0.1, -0.05) is 31.5 Å². The Hall–Kier alpha value is -1.77. The lowest BCUT2D eigenvalue weighted by atomic mass is 10.2. The SMILES string of the molecule is CCCc1c(C)c(=O)[nH]n1-c1ccccc1. The predicted molar refractivity (Wildman–Crippen MR) is 65.1 cm³/mol. The molecule has 3 heteroatoms. The lowest BCUT2D eigenvalue weighted by Crippen LogP contribution is -2.05. The number of aromatic amines is 1. The van der Waals surface area contributed by atoms with E-state index >= 15 is 0 Å². The summed E-state index contributed by atoms with van der Waals surface area (Å²) in [4.78, 5) is 11.6. The van der Waals surface area contributed by atoms with Gasteiger partial charge in [-0.3, -0.25) is 14.6 Å². The van der Waals surface area contributed by atoms with E-state index in [2.05, 4.69) is 12.0 Å². The zero-order chi connectivity index (χ0) is 11.5. The van der Waals surface area contributed by atoms with Gasteiger partial charge >= 0.3 is 0 Å². The highest BCUT2D eigenvalue weighted by Gasteiger charge is 2.10. The van der Waals surface area contributed by atoms with Crippen molar-refractivity contribution < 1.29 is 0 Å². The number of benzene rings is 1. The Balaban J connectivity index is 2.57. The third-order valence-electron chi connectivity index (χ3n) is 2.76. The molecule has 2 rings (SSSR count). The topological polar surface area (TPSA) is 37.8 Å². The van der Waals surface area contributed by atoms with Crippen LogP contribution < -0.4 is 5.56 Å². The first-order chi connectivity index (χ1) is 7.74. The lowest BCUT2D eigenvalue weighted by molar-refractivity contribution is 0.767. The van der Waals surface area contributed by atoms with Gasteiger partial charge in [-0.25, -0.2) is 0 Å². The summed E-state index contributed by atoms with van der Waals surface area (Å²) in [6.07, 6.45) is 1.95. The van der Waals surface area contributed by atoms with Crippen LogP contribution in [0.2, 0.25) is 0 Å². The molecule has 1 N–H and O–H groups in total. The third-order valence-corrected chi connectivity index (χ3v) is 2.76. The highest BCUT2D eigenvalue weighted by molar-refractivity contribution is 5.34. The minimum absolute atomic E-state index is 0.00676. The largest absolute Gasteiger partial charge is 0.268 e. The molecule has 0 unspecified atom stereocenters. The third kappa shape index (κ3) is 1.81. The summed E-state index contributed by atoms with van der Waals surface area (Å²) in [5.74, 6) is 0. The minimum Gasteiger partial charge on any atom is -0.268 e. The van der Waals surface area contributed by atoms with Gasteiger partial charge in [0.1, 0.15) is 0 Å². The zero-order valence-electron chi connectivity index (χ0n) is 9.66.